The normalized spacial score (nSPS) is 18.9. The van der Waals surface area contributed by atoms with Crippen LogP contribution >= 0.6 is 0 Å². The fourth-order valence-electron chi connectivity index (χ4n) is 5.12. The van der Waals surface area contributed by atoms with Crippen LogP contribution in [-0.2, 0) is 19.7 Å². The Labute approximate surface area is 207 Å². The lowest BCUT2D eigenvalue weighted by Gasteiger charge is -2.37. The van der Waals surface area contributed by atoms with Gasteiger partial charge in [0.15, 0.2) is 0 Å². The average molecular weight is 481 g/mol. The number of aromatic nitrogens is 1. The molecular formula is C28H36N2O5. The lowest BCUT2D eigenvalue weighted by Crippen LogP contribution is -2.48. The highest BCUT2D eigenvalue weighted by atomic mass is 16.5. The van der Waals surface area contributed by atoms with E-state index >= 15 is 0 Å². The molecule has 2 heterocycles. The lowest BCUT2D eigenvalue weighted by atomic mass is 9.73. The highest BCUT2D eigenvalue weighted by Crippen LogP contribution is 2.36. The van der Waals surface area contributed by atoms with E-state index in [0.29, 0.717) is 50.0 Å². The quantitative estimate of drug-likeness (QED) is 0.549. The molecule has 0 radical (unpaired) electrons. The molecule has 35 heavy (non-hydrogen) atoms. The topological polar surface area (TPSA) is 86.8 Å². The predicted molar refractivity (Wildman–Crippen MR) is 132 cm³/mol. The molecule has 2 aliphatic rings. The van der Waals surface area contributed by atoms with Crippen molar-refractivity contribution in [1.29, 1.82) is 0 Å². The molecule has 2 aromatic rings. The largest absolute Gasteiger partial charge is 0.477 e. The van der Waals surface area contributed by atoms with E-state index < -0.39 is 5.41 Å². The van der Waals surface area contributed by atoms with Gasteiger partial charge in [0.1, 0.15) is 0 Å². The number of nitrogens with zero attached hydrogens (tertiary/aromatic N) is 1. The summed E-state index contributed by atoms with van der Waals surface area (Å²) in [6.07, 6.45) is 9.33. The molecule has 1 saturated heterocycles. The summed E-state index contributed by atoms with van der Waals surface area (Å²) in [7, 11) is 1.36. The van der Waals surface area contributed by atoms with Gasteiger partial charge in [0.25, 0.3) is 0 Å². The van der Waals surface area contributed by atoms with Crippen LogP contribution in [0.15, 0.2) is 42.6 Å². The fourth-order valence-corrected chi connectivity index (χ4v) is 5.12. The van der Waals surface area contributed by atoms with Crippen molar-refractivity contribution < 1.29 is 23.8 Å². The van der Waals surface area contributed by atoms with Crippen LogP contribution in [0.3, 0.4) is 0 Å². The smallest absolute Gasteiger partial charge is 0.337 e. The molecule has 1 amide bonds. The molecule has 7 heteroatoms. The number of hydrogen-bond acceptors (Lipinski definition) is 6. The van der Waals surface area contributed by atoms with Gasteiger partial charge in [0.2, 0.25) is 11.8 Å². The fraction of sp³-hybridized carbons (Fsp3) is 0.536. The molecule has 1 saturated carbocycles. The van der Waals surface area contributed by atoms with E-state index in [-0.39, 0.29) is 17.9 Å². The van der Waals surface area contributed by atoms with Crippen LogP contribution in [-0.4, -0.2) is 43.8 Å². The third-order valence-electron chi connectivity index (χ3n) is 7.44. The van der Waals surface area contributed by atoms with Gasteiger partial charge in [-0.2, -0.15) is 0 Å². The number of benzene rings is 1. The Kier molecular flexibility index (Phi) is 8.39. The Morgan fingerprint density at radius 3 is 2.43 bits per heavy atom. The van der Waals surface area contributed by atoms with E-state index in [4.69, 9.17) is 14.2 Å². The molecule has 1 aromatic heterocycles. The zero-order valence-electron chi connectivity index (χ0n) is 20.8. The third kappa shape index (κ3) is 6.01. The molecule has 2 fully saturated rings. The van der Waals surface area contributed by atoms with Gasteiger partial charge in [-0.05, 0) is 61.8 Å². The van der Waals surface area contributed by atoms with Crippen LogP contribution in [0.25, 0.3) is 0 Å². The SMILES string of the molecule is COC(=O)c1ccc([C@H](C)NC(=O)C2(c3ccc(OCC4CCCCC4)nc3)CCOCC2)cc1. The molecule has 188 valence electrons. The van der Waals surface area contributed by atoms with Gasteiger partial charge >= 0.3 is 5.97 Å². The number of nitrogens with one attached hydrogen (secondary N) is 1. The van der Waals surface area contributed by atoms with Crippen LogP contribution in [0.2, 0.25) is 0 Å². The van der Waals surface area contributed by atoms with Gasteiger partial charge in [-0.1, -0.05) is 37.5 Å². The van der Waals surface area contributed by atoms with Crippen molar-refractivity contribution >= 4 is 11.9 Å². The first-order chi connectivity index (χ1) is 17.0. The van der Waals surface area contributed by atoms with E-state index in [1.165, 1.54) is 39.2 Å². The van der Waals surface area contributed by atoms with Crippen molar-refractivity contribution in [3.8, 4) is 5.88 Å². The summed E-state index contributed by atoms with van der Waals surface area (Å²) in [4.78, 5) is 29.9. The Morgan fingerprint density at radius 1 is 1.09 bits per heavy atom. The third-order valence-corrected chi connectivity index (χ3v) is 7.44. The number of methoxy groups -OCH3 is 1. The van der Waals surface area contributed by atoms with Gasteiger partial charge in [0, 0.05) is 25.5 Å². The molecule has 1 aliphatic carbocycles. The minimum absolute atomic E-state index is 0.0389. The van der Waals surface area contributed by atoms with E-state index in [1.807, 2.05) is 31.2 Å². The molecular weight excluding hydrogens is 444 g/mol. The van der Waals surface area contributed by atoms with E-state index in [2.05, 4.69) is 10.3 Å². The molecule has 1 aliphatic heterocycles. The number of hydrogen-bond donors (Lipinski definition) is 1. The monoisotopic (exact) mass is 480 g/mol. The van der Waals surface area contributed by atoms with Gasteiger partial charge in [-0.3, -0.25) is 4.79 Å². The van der Waals surface area contributed by atoms with Crippen molar-refractivity contribution in [3.63, 3.8) is 0 Å². The first-order valence-electron chi connectivity index (χ1n) is 12.7. The maximum Gasteiger partial charge on any atom is 0.337 e. The number of rotatable bonds is 8. The van der Waals surface area contributed by atoms with Crippen molar-refractivity contribution in [3.05, 3.63) is 59.3 Å². The van der Waals surface area contributed by atoms with E-state index in [0.717, 1.165) is 11.1 Å². The Hall–Kier alpha value is -2.93. The molecule has 0 spiro atoms. The molecule has 7 nitrogen and oxygen atoms in total. The summed E-state index contributed by atoms with van der Waals surface area (Å²) >= 11 is 0. The summed E-state index contributed by atoms with van der Waals surface area (Å²) in [6.45, 7) is 3.70. The van der Waals surface area contributed by atoms with Gasteiger partial charge in [-0.15, -0.1) is 0 Å². The Morgan fingerprint density at radius 2 is 1.80 bits per heavy atom. The predicted octanol–water partition coefficient (Wildman–Crippen LogP) is 4.75. The molecule has 0 bridgehead atoms. The summed E-state index contributed by atoms with van der Waals surface area (Å²) < 4.78 is 16.3. The molecule has 0 unspecified atom stereocenters. The van der Waals surface area contributed by atoms with Gasteiger partial charge in [0.05, 0.1) is 30.7 Å². The number of carbonyl (C=O) groups excluding carboxylic acids is 2. The molecule has 1 atom stereocenters. The minimum Gasteiger partial charge on any atom is -0.477 e. The standard InChI is InChI=1S/C28H36N2O5/c1-20(22-8-10-23(11-9-22)26(31)33-2)30-27(32)28(14-16-34-17-15-28)24-12-13-25(29-18-24)35-19-21-6-4-3-5-7-21/h8-13,18,20-21H,3-7,14-17,19H2,1-2H3,(H,30,32)/t20-/m0/s1. The summed E-state index contributed by atoms with van der Waals surface area (Å²) in [5.74, 6) is 0.804. The molecule has 1 aromatic carbocycles. The highest BCUT2D eigenvalue weighted by Gasteiger charge is 2.42. The summed E-state index contributed by atoms with van der Waals surface area (Å²) in [5.41, 5.74) is 1.58. The molecule has 4 rings (SSSR count). The van der Waals surface area contributed by atoms with Crippen molar-refractivity contribution in [2.75, 3.05) is 26.9 Å². The van der Waals surface area contributed by atoms with Crippen molar-refractivity contribution in [2.24, 2.45) is 5.92 Å². The summed E-state index contributed by atoms with van der Waals surface area (Å²) in [5, 5.41) is 3.18. The Balaban J connectivity index is 1.44. The number of pyridine rings is 1. The zero-order valence-corrected chi connectivity index (χ0v) is 20.8. The van der Waals surface area contributed by atoms with Crippen LogP contribution in [0, 0.1) is 5.92 Å². The van der Waals surface area contributed by atoms with Crippen LogP contribution < -0.4 is 10.1 Å². The van der Waals surface area contributed by atoms with E-state index in [1.54, 1.807) is 18.3 Å². The number of esters is 1. The second-order valence-corrected chi connectivity index (χ2v) is 9.70. The first-order valence-corrected chi connectivity index (χ1v) is 12.7. The van der Waals surface area contributed by atoms with Gasteiger partial charge < -0.3 is 19.5 Å². The molecule has 1 N–H and O–H groups in total. The number of amides is 1. The second-order valence-electron chi connectivity index (χ2n) is 9.70. The van der Waals surface area contributed by atoms with Crippen LogP contribution in [0.1, 0.15) is 79.4 Å². The number of ether oxygens (including phenoxy) is 3. The lowest BCUT2D eigenvalue weighted by molar-refractivity contribution is -0.131. The number of carbonyl (C=O) groups is 2. The zero-order chi connectivity index (χ0) is 24.7. The van der Waals surface area contributed by atoms with E-state index in [9.17, 15) is 9.59 Å². The second kappa shape index (κ2) is 11.7. The van der Waals surface area contributed by atoms with Crippen LogP contribution in [0.5, 0.6) is 5.88 Å². The maximum absolute atomic E-state index is 13.6. The first kappa shape index (κ1) is 25.2. The van der Waals surface area contributed by atoms with Crippen LogP contribution in [0.4, 0.5) is 0 Å². The maximum atomic E-state index is 13.6. The van der Waals surface area contributed by atoms with Gasteiger partial charge in [-0.25, -0.2) is 9.78 Å². The highest BCUT2D eigenvalue weighted by molar-refractivity contribution is 5.90. The minimum atomic E-state index is -0.701. The van der Waals surface area contributed by atoms with Crippen molar-refractivity contribution in [2.45, 2.75) is 63.3 Å². The summed E-state index contributed by atoms with van der Waals surface area (Å²) in [6, 6.07) is 10.7. The Bertz CT molecular complexity index is 977. The van der Waals surface area contributed by atoms with Crippen molar-refractivity contribution in [1.82, 2.24) is 10.3 Å². The average Bonchev–Trinajstić information content (AvgIpc) is 2.92.